The van der Waals surface area contributed by atoms with Gasteiger partial charge in [0.25, 0.3) is 0 Å². The predicted octanol–water partition coefficient (Wildman–Crippen LogP) is 4.43. The fraction of sp³-hybridized carbons (Fsp3) is 0.571. The minimum absolute atomic E-state index is 0.305. The number of hydrogen-bond acceptors (Lipinski definition) is 5. The first-order valence-electron chi connectivity index (χ1n) is 9.90. The van der Waals surface area contributed by atoms with E-state index < -0.39 is 17.2 Å². The molecule has 0 spiro atoms. The lowest BCUT2D eigenvalue weighted by Crippen LogP contribution is -2.29. The lowest BCUT2D eigenvalue weighted by Gasteiger charge is -2.24. The second-order valence-corrected chi connectivity index (χ2v) is 8.51. The molecule has 1 atom stereocenters. The van der Waals surface area contributed by atoms with Crippen molar-refractivity contribution in [2.75, 3.05) is 26.2 Å². The number of ether oxygens (including phenoxy) is 1. The summed E-state index contributed by atoms with van der Waals surface area (Å²) in [4.78, 5) is 8.12. The van der Waals surface area contributed by atoms with Crippen molar-refractivity contribution in [3.8, 4) is 5.75 Å². The third-order valence-electron chi connectivity index (χ3n) is 5.23. The summed E-state index contributed by atoms with van der Waals surface area (Å²) in [6.07, 6.45) is 4.12. The molecule has 0 saturated carbocycles. The minimum Gasteiger partial charge on any atom is -0.493 e. The maximum atomic E-state index is 13.3. The molecule has 0 aliphatic carbocycles. The summed E-state index contributed by atoms with van der Waals surface area (Å²) in [7, 11) is 0. The second-order valence-electron chi connectivity index (χ2n) is 7.43. The molecule has 0 amide bonds. The van der Waals surface area contributed by atoms with Gasteiger partial charge in [0.05, 0.1) is 12.3 Å². The van der Waals surface area contributed by atoms with Crippen LogP contribution in [0.1, 0.15) is 48.2 Å². The minimum atomic E-state index is -0.915. The first kappa shape index (κ1) is 21.1. The molecule has 2 heterocycles. The molecule has 0 bridgehead atoms. The Labute approximate surface area is 169 Å². The third-order valence-corrected chi connectivity index (χ3v) is 6.64. The van der Waals surface area contributed by atoms with Gasteiger partial charge in [-0.15, -0.1) is 11.3 Å². The van der Waals surface area contributed by atoms with Gasteiger partial charge >= 0.3 is 0 Å². The van der Waals surface area contributed by atoms with Gasteiger partial charge in [0.2, 0.25) is 0 Å². The summed E-state index contributed by atoms with van der Waals surface area (Å²) in [5.41, 5.74) is 0.0360. The van der Waals surface area contributed by atoms with Gasteiger partial charge < -0.3 is 14.7 Å². The number of rotatable bonds is 7. The number of thiazole rings is 1. The van der Waals surface area contributed by atoms with Crippen LogP contribution in [-0.4, -0.2) is 41.2 Å². The highest BCUT2D eigenvalue weighted by Crippen LogP contribution is 2.36. The van der Waals surface area contributed by atoms with E-state index in [-0.39, 0.29) is 0 Å². The average molecular weight is 411 g/mol. The number of aliphatic hydroxyl groups is 1. The summed E-state index contributed by atoms with van der Waals surface area (Å²) in [6, 6.07) is 3.53. The number of nitrogens with zero attached hydrogens (tertiary/aromatic N) is 2. The fourth-order valence-corrected chi connectivity index (χ4v) is 4.80. The summed E-state index contributed by atoms with van der Waals surface area (Å²) in [5, 5.41) is 12.0. The molecular weight excluding hydrogens is 382 g/mol. The molecule has 1 aromatic carbocycles. The quantitative estimate of drug-likeness (QED) is 0.733. The molecule has 2 aromatic rings. The largest absolute Gasteiger partial charge is 0.493 e. The summed E-state index contributed by atoms with van der Waals surface area (Å²) < 4.78 is 31.8. The molecule has 1 aliphatic rings. The van der Waals surface area contributed by atoms with Crippen molar-refractivity contribution in [1.29, 1.82) is 0 Å². The van der Waals surface area contributed by atoms with Crippen LogP contribution in [0.25, 0.3) is 0 Å². The van der Waals surface area contributed by atoms with Crippen LogP contribution in [0.2, 0.25) is 0 Å². The number of likely N-dealkylation sites (tertiary alicyclic amines) is 1. The normalized spacial score (nSPS) is 20.9. The van der Waals surface area contributed by atoms with Crippen LogP contribution in [0, 0.1) is 18.6 Å². The van der Waals surface area contributed by atoms with Crippen LogP contribution < -0.4 is 4.74 Å². The van der Waals surface area contributed by atoms with E-state index in [1.807, 2.05) is 6.92 Å². The summed E-state index contributed by atoms with van der Waals surface area (Å²) in [5.74, 6) is -1.49. The number of aryl methyl sites for hydroxylation is 1. The van der Waals surface area contributed by atoms with Gasteiger partial charge in [-0.25, -0.2) is 13.8 Å². The molecule has 3 rings (SSSR count). The Hall–Kier alpha value is -1.57. The van der Waals surface area contributed by atoms with E-state index in [2.05, 4.69) is 16.8 Å². The molecule has 4 nitrogen and oxygen atoms in total. The molecule has 7 heteroatoms. The van der Waals surface area contributed by atoms with Crippen molar-refractivity contribution >= 4 is 11.3 Å². The molecule has 1 aromatic heterocycles. The van der Waals surface area contributed by atoms with Gasteiger partial charge in [-0.3, -0.25) is 0 Å². The zero-order valence-corrected chi connectivity index (χ0v) is 17.3. The maximum absolute atomic E-state index is 13.3. The number of hydrogen-bond donors (Lipinski definition) is 1. The molecule has 1 N–H and O–H groups in total. The zero-order chi connectivity index (χ0) is 20.1. The summed E-state index contributed by atoms with van der Waals surface area (Å²) in [6.45, 7) is 7.44. The van der Waals surface area contributed by atoms with Crippen LogP contribution in [0.5, 0.6) is 5.75 Å². The average Bonchev–Trinajstić information content (AvgIpc) is 2.93. The van der Waals surface area contributed by atoms with Crippen LogP contribution in [-0.2, 0) is 12.0 Å². The monoisotopic (exact) mass is 410 g/mol. The lowest BCUT2D eigenvalue weighted by molar-refractivity contribution is 0.0209. The smallest absolute Gasteiger partial charge is 0.162 e. The molecular formula is C21H28F2N2O2S. The number of halogens is 2. The topological polar surface area (TPSA) is 45.6 Å². The summed E-state index contributed by atoms with van der Waals surface area (Å²) >= 11 is 1.54. The second kappa shape index (κ2) is 9.29. The van der Waals surface area contributed by atoms with Crippen molar-refractivity contribution < 1.29 is 18.6 Å². The zero-order valence-electron chi connectivity index (χ0n) is 16.5. The molecule has 1 aliphatic heterocycles. The first-order valence-corrected chi connectivity index (χ1v) is 10.7. The van der Waals surface area contributed by atoms with E-state index in [1.54, 1.807) is 0 Å². The Kier molecular flexibility index (Phi) is 7.01. The van der Waals surface area contributed by atoms with Gasteiger partial charge in [0.15, 0.2) is 11.6 Å². The van der Waals surface area contributed by atoms with Crippen molar-refractivity contribution in [3.63, 3.8) is 0 Å². The molecule has 1 saturated heterocycles. The van der Waals surface area contributed by atoms with Crippen molar-refractivity contribution in [3.05, 3.63) is 45.4 Å². The highest BCUT2D eigenvalue weighted by atomic mass is 32.1. The van der Waals surface area contributed by atoms with Crippen molar-refractivity contribution in [2.24, 2.45) is 0 Å². The van der Waals surface area contributed by atoms with E-state index >= 15 is 0 Å². The van der Waals surface area contributed by atoms with E-state index in [0.717, 1.165) is 66.6 Å². The molecule has 1 fully saturated rings. The SMILES string of the molecule is CCCN1CCC[C@@](O)(c2nc(C)c(CCOc3ccc(F)c(F)c3)s2)CC1. The number of aromatic nitrogens is 1. The Morgan fingerprint density at radius 1 is 1.25 bits per heavy atom. The van der Waals surface area contributed by atoms with E-state index in [1.165, 1.54) is 17.4 Å². The van der Waals surface area contributed by atoms with Gasteiger partial charge in [-0.05, 0) is 57.8 Å². The molecule has 154 valence electrons. The molecule has 0 unspecified atom stereocenters. The van der Waals surface area contributed by atoms with Crippen molar-refractivity contribution in [2.45, 2.75) is 51.6 Å². The van der Waals surface area contributed by atoms with E-state index in [9.17, 15) is 13.9 Å². The number of benzene rings is 1. The molecule has 0 radical (unpaired) electrons. The first-order chi connectivity index (χ1) is 13.4. The van der Waals surface area contributed by atoms with E-state index in [0.29, 0.717) is 25.2 Å². The Morgan fingerprint density at radius 2 is 2.07 bits per heavy atom. The highest BCUT2D eigenvalue weighted by molar-refractivity contribution is 7.11. The maximum Gasteiger partial charge on any atom is 0.162 e. The fourth-order valence-electron chi connectivity index (χ4n) is 3.62. The Balaban J connectivity index is 1.61. The predicted molar refractivity (Wildman–Crippen MR) is 107 cm³/mol. The molecule has 28 heavy (non-hydrogen) atoms. The lowest BCUT2D eigenvalue weighted by atomic mass is 9.96. The standard InChI is InChI=1S/C21H28F2N2O2S/c1-3-10-25-11-4-8-21(26,9-12-25)20-24-15(2)19(28-20)7-13-27-16-5-6-17(22)18(23)14-16/h5-6,14,26H,3-4,7-13H2,1-2H3/t21-/m0/s1. The third kappa shape index (κ3) is 5.07. The van der Waals surface area contributed by atoms with E-state index in [4.69, 9.17) is 4.74 Å². The Morgan fingerprint density at radius 3 is 2.82 bits per heavy atom. The van der Waals surface area contributed by atoms with Crippen LogP contribution >= 0.6 is 11.3 Å². The van der Waals surface area contributed by atoms with Gasteiger partial charge in [0, 0.05) is 23.9 Å². The van der Waals surface area contributed by atoms with Gasteiger partial charge in [-0.2, -0.15) is 0 Å². The Bertz CT molecular complexity index is 799. The highest BCUT2D eigenvalue weighted by Gasteiger charge is 2.35. The van der Waals surface area contributed by atoms with Crippen LogP contribution in [0.4, 0.5) is 8.78 Å². The van der Waals surface area contributed by atoms with Crippen LogP contribution in [0.3, 0.4) is 0 Å². The van der Waals surface area contributed by atoms with Crippen molar-refractivity contribution in [1.82, 2.24) is 9.88 Å². The van der Waals surface area contributed by atoms with Crippen LogP contribution in [0.15, 0.2) is 18.2 Å². The van der Waals surface area contributed by atoms with Gasteiger partial charge in [0.1, 0.15) is 16.4 Å². The van der Waals surface area contributed by atoms with Gasteiger partial charge in [-0.1, -0.05) is 6.92 Å².